The number of carbonyl (C=O) groups excluding carboxylic acids is 12. The fraction of sp³-hybridized carbons (Fsp3) is 0.432. The lowest BCUT2D eigenvalue weighted by Crippen LogP contribution is -2.56. The summed E-state index contributed by atoms with van der Waals surface area (Å²) in [7, 11) is 6.87. The van der Waals surface area contributed by atoms with Gasteiger partial charge in [0.05, 0.1) is 38.5 Å². The molecule has 29 nitrogen and oxygen atoms in total. The van der Waals surface area contributed by atoms with E-state index in [1.165, 1.54) is 118 Å². The number of halogens is 3. The van der Waals surface area contributed by atoms with Crippen molar-refractivity contribution in [2.24, 2.45) is 23.5 Å². The molecule has 634 valence electrons. The Morgan fingerprint density at radius 1 is 0.483 bits per heavy atom. The lowest BCUT2D eigenvalue weighted by atomic mass is 9.80. The third kappa shape index (κ3) is 19.3. The largest absolute Gasteiger partial charge is 0.453 e. The van der Waals surface area contributed by atoms with E-state index in [2.05, 4.69) is 41.6 Å². The lowest BCUT2D eigenvalue weighted by Gasteiger charge is -2.35. The number of likely N-dealkylation sites (tertiary alicyclic amines) is 3. The van der Waals surface area contributed by atoms with E-state index in [0.717, 1.165) is 16.7 Å². The van der Waals surface area contributed by atoms with E-state index in [-0.39, 0.29) is 105 Å². The number of nitrogens with two attached hydrogens (primary N) is 1. The Bertz CT molecular complexity index is 4720. The second-order valence-electron chi connectivity index (χ2n) is 32.5. The normalized spacial score (nSPS) is 21.0. The van der Waals surface area contributed by atoms with Crippen molar-refractivity contribution in [1.29, 1.82) is 0 Å². The fourth-order valence-electron chi connectivity index (χ4n) is 16.9. The summed E-state index contributed by atoms with van der Waals surface area (Å²) in [6.07, 6.45) is -1.91. The molecule has 6 aromatic carbocycles. The van der Waals surface area contributed by atoms with Gasteiger partial charge in [0.25, 0.3) is 11.8 Å². The van der Waals surface area contributed by atoms with Crippen LogP contribution in [0.25, 0.3) is 9.69 Å². The van der Waals surface area contributed by atoms with Crippen LogP contribution in [0.3, 0.4) is 0 Å². The van der Waals surface area contributed by atoms with Crippen molar-refractivity contribution in [2.75, 3.05) is 70.9 Å². The van der Waals surface area contributed by atoms with Gasteiger partial charge in [-0.2, -0.15) is 0 Å². The van der Waals surface area contributed by atoms with E-state index >= 15 is 0 Å². The van der Waals surface area contributed by atoms with E-state index in [0.29, 0.717) is 59.4 Å². The number of likely N-dealkylation sites (N-methyl/N-ethyl adjacent to an activating group) is 3. The van der Waals surface area contributed by atoms with E-state index in [1.54, 1.807) is 31.3 Å². The first-order valence-corrected chi connectivity index (χ1v) is 39.6. The smallest absolute Gasteiger partial charge is 0.407 e. The molecule has 0 aliphatic carbocycles. The number of methoxy groups -OCH3 is 2. The zero-order valence-electron chi connectivity index (χ0n) is 68.9. The highest BCUT2D eigenvalue weighted by Gasteiger charge is 2.62. The predicted octanol–water partition coefficient (Wildman–Crippen LogP) is 8.43. The second-order valence-corrected chi connectivity index (χ2v) is 32.5. The fourth-order valence-corrected chi connectivity index (χ4v) is 16.9. The van der Waals surface area contributed by atoms with Crippen LogP contribution in [0.15, 0.2) is 146 Å². The van der Waals surface area contributed by atoms with Crippen LogP contribution in [0.2, 0.25) is 0 Å². The molecular weight excluding hydrogens is 1550 g/mol. The van der Waals surface area contributed by atoms with Gasteiger partial charge >= 0.3 is 24.5 Å². The lowest BCUT2D eigenvalue weighted by molar-refractivity contribution is -0.147. The number of hydrogen-bond acceptors (Lipinski definition) is 15. The van der Waals surface area contributed by atoms with Gasteiger partial charge in [0.1, 0.15) is 64.7 Å². The van der Waals surface area contributed by atoms with Crippen molar-refractivity contribution in [3.05, 3.63) is 219 Å². The molecule has 0 aromatic heterocycles. The van der Waals surface area contributed by atoms with Gasteiger partial charge in [0, 0.05) is 77.1 Å². The molecule has 0 unspecified atom stereocenters. The monoisotopic (exact) mass is 1650 g/mol. The van der Waals surface area contributed by atoms with Crippen molar-refractivity contribution < 1.29 is 80.2 Å². The van der Waals surface area contributed by atoms with Gasteiger partial charge in [0.2, 0.25) is 47.8 Å². The highest BCUT2D eigenvalue weighted by atomic mass is 19.1. The van der Waals surface area contributed by atoms with E-state index in [9.17, 15) is 70.7 Å². The number of nitrogens with zero attached hydrogens (tertiary/aromatic N) is 8. The molecular formula is C88H102F3N15O14. The van der Waals surface area contributed by atoms with Crippen LogP contribution in [-0.2, 0) is 92.9 Å². The summed E-state index contributed by atoms with van der Waals surface area (Å²) in [6.45, 7) is 27.3. The molecule has 6 aliphatic rings. The maximum absolute atomic E-state index is 14.2. The van der Waals surface area contributed by atoms with Gasteiger partial charge in [-0.25, -0.2) is 35.9 Å². The minimum Gasteiger partial charge on any atom is -0.453 e. The minimum atomic E-state index is -1.10. The Hall–Kier alpha value is -12.7. The molecule has 6 heterocycles. The molecule has 0 saturated carbocycles. The number of fused-ring (bicyclic) bond motifs is 6. The summed E-state index contributed by atoms with van der Waals surface area (Å²) < 4.78 is 49.6. The zero-order chi connectivity index (χ0) is 87.4. The number of para-hydroxylation sites is 3. The summed E-state index contributed by atoms with van der Waals surface area (Å²) >= 11 is 0. The number of benzene rings is 6. The molecule has 12 rings (SSSR count). The number of anilines is 3. The Morgan fingerprint density at radius 3 is 1.10 bits per heavy atom. The number of alkyl carbamates (subject to hydrolysis) is 2. The summed E-state index contributed by atoms with van der Waals surface area (Å²) in [6, 6.07) is 32.8. The summed E-state index contributed by atoms with van der Waals surface area (Å²) in [5.41, 5.74) is 9.33. The van der Waals surface area contributed by atoms with E-state index < -0.39 is 124 Å². The van der Waals surface area contributed by atoms with Gasteiger partial charge in [-0.3, -0.25) is 67.4 Å². The number of hydrogen-bond donors (Lipinski definition) is 7. The van der Waals surface area contributed by atoms with E-state index in [1.807, 2.05) is 102 Å². The molecule has 12 atom stereocenters. The van der Waals surface area contributed by atoms with Crippen molar-refractivity contribution in [3.63, 3.8) is 0 Å². The highest BCUT2D eigenvalue weighted by molar-refractivity contribution is 6.09. The number of carbonyl (C=O) groups is 12. The van der Waals surface area contributed by atoms with Gasteiger partial charge in [-0.1, -0.05) is 133 Å². The Labute approximate surface area is 695 Å². The average molecular weight is 1650 g/mol. The predicted molar refractivity (Wildman–Crippen MR) is 438 cm³/mol. The van der Waals surface area contributed by atoms with Crippen LogP contribution in [-0.4, -0.2) is 211 Å². The summed E-state index contributed by atoms with van der Waals surface area (Å²) in [5.74, 6) is -4.68. The number of nitrogens with one attached hydrogen (secondary N) is 6. The van der Waals surface area contributed by atoms with Crippen LogP contribution in [0.1, 0.15) is 113 Å². The highest BCUT2D eigenvalue weighted by Crippen LogP contribution is 2.50. The molecule has 8 N–H and O–H groups in total. The topological polar surface area (TPSA) is 350 Å². The Morgan fingerprint density at radius 2 is 0.783 bits per heavy atom. The zero-order valence-corrected chi connectivity index (χ0v) is 68.9. The van der Waals surface area contributed by atoms with Crippen LogP contribution < -0.4 is 37.6 Å². The molecule has 0 radical (unpaired) electrons. The maximum Gasteiger partial charge on any atom is 0.407 e. The van der Waals surface area contributed by atoms with Crippen molar-refractivity contribution in [2.45, 2.75) is 170 Å². The van der Waals surface area contributed by atoms with Gasteiger partial charge in [0.15, 0.2) is 0 Å². The maximum atomic E-state index is 14.2. The van der Waals surface area contributed by atoms with Gasteiger partial charge < -0.3 is 66.7 Å². The van der Waals surface area contributed by atoms with Crippen molar-refractivity contribution in [3.8, 4) is 0 Å². The quantitative estimate of drug-likeness (QED) is 0.0209. The van der Waals surface area contributed by atoms with Crippen molar-refractivity contribution in [1.82, 2.24) is 45.3 Å². The molecule has 3 fully saturated rings. The Kier molecular flexibility index (Phi) is 28.6. The Balaban J connectivity index is 0.000000189. The van der Waals surface area contributed by atoms with Crippen LogP contribution >= 0.6 is 0 Å². The standard InChI is InChI=1S/2C30H34FN5O5.C28H34FN5O4/c2*1-18(2)14-24(35(4)26(37)23(34-29(40)41-5)15-19-10-12-20(31)13-11-19)27(38)36-17-30(16-25(36)32-3)21-8-6-7-9-22(21)33-28(30)39;1-17(2)12-23(33(3)25(36)21(30)13-18-8-10-19(29)11-9-18)26(37)34-15-28(14-24(34)31-16-35)20-6-4-5-7-22(20)32-27(28)38/h2*6-13,18,23-25H,14-17H2,1-2,4-5H3,(H,33,39)(H,34,40);4-11,16-17,21,23-24H,12-15,30H2,1-3H3,(H,31,35)(H,32,38)/t2*23-,24-,25-,30-;21-,23-,24-,28-/m000/s1. The third-order valence-electron chi connectivity index (χ3n) is 23.1. The number of rotatable bonds is 25. The third-order valence-corrected chi connectivity index (χ3v) is 23.1. The van der Waals surface area contributed by atoms with Gasteiger partial charge in [-0.05, 0) is 131 Å². The molecule has 3 saturated heterocycles. The molecule has 12 amide bonds. The second kappa shape index (κ2) is 38.3. The number of ether oxygens (including phenoxy) is 2. The first kappa shape index (κ1) is 89.6. The SMILES string of the molecule is CC(C)C[C@@H](C(=O)N1C[C@]2(C[C@H]1NC=O)C(=O)Nc1ccccc12)N(C)C(=O)[C@@H](N)Cc1ccc(F)cc1.[C-]#[N+][C@@H]1C[C@@]2(CN1C(=O)[C@H](CC(C)C)N(C)C(=O)[C@H](Cc1ccc(F)cc1)NC(=O)OC)C(=O)Nc1ccccc12.[C-]#[N+][C@@H]1C[C@@]2(CN1C(=O)[C@H](CC(C)C)N(C)C(=O)[C@H](Cc1ccc(F)cc1)NC(=O)OC)C(=O)Nc1ccccc12. The first-order valence-electron chi connectivity index (χ1n) is 39.6. The summed E-state index contributed by atoms with van der Waals surface area (Å²) in [4.78, 5) is 174. The molecule has 0 bridgehead atoms. The molecule has 32 heteroatoms. The minimum absolute atomic E-state index is 0.00164. The molecule has 3 spiro atoms. The van der Waals surface area contributed by atoms with Crippen molar-refractivity contribution >= 4 is 88.8 Å². The number of amides is 12. The molecule has 6 aromatic rings. The van der Waals surface area contributed by atoms with E-state index in [4.69, 9.17) is 28.4 Å². The summed E-state index contributed by atoms with van der Waals surface area (Å²) in [5, 5.41) is 16.4. The van der Waals surface area contributed by atoms with Gasteiger partial charge in [-0.15, -0.1) is 0 Å². The first-order chi connectivity index (χ1) is 57.1. The van der Waals surface area contributed by atoms with Crippen LogP contribution in [0.4, 0.5) is 39.8 Å². The average Bonchev–Trinajstić information content (AvgIpc) is 1.58. The molecule has 120 heavy (non-hydrogen) atoms. The van der Waals surface area contributed by atoms with Crippen LogP contribution in [0.5, 0.6) is 0 Å². The molecule has 6 aliphatic heterocycles. The van der Waals surface area contributed by atoms with Crippen LogP contribution in [0, 0.1) is 48.3 Å².